The number of fused-ring (bicyclic) bond motifs is 2. The van der Waals surface area contributed by atoms with Gasteiger partial charge in [-0.2, -0.15) is 10.4 Å². The number of likely N-dealkylation sites (tertiary alicyclic amines) is 1. The lowest BCUT2D eigenvalue weighted by molar-refractivity contribution is -0.138. The average molecular weight is 628 g/mol. The Balaban J connectivity index is 1.31. The average Bonchev–Trinajstić information content (AvgIpc) is 3.36. The zero-order valence-corrected chi connectivity index (χ0v) is 24.7. The maximum atomic E-state index is 13.9. The first-order chi connectivity index (χ1) is 20.1. The molecule has 212 valence electrons. The normalized spacial score (nSPS) is 20.7. The number of hydrogen-bond donors (Lipinski definition) is 1. The first-order valence-electron chi connectivity index (χ1n) is 13.4. The molecular weight excluding hydrogens is 602 g/mol. The first-order valence-corrected chi connectivity index (χ1v) is 14.2. The molecule has 1 aliphatic heterocycles. The van der Waals surface area contributed by atoms with Crippen molar-refractivity contribution in [3.63, 3.8) is 0 Å². The summed E-state index contributed by atoms with van der Waals surface area (Å²) < 4.78 is 2.03. The second-order valence-electron chi connectivity index (χ2n) is 10.9. The Morgan fingerprint density at radius 2 is 1.90 bits per heavy atom. The molecule has 2 aliphatic rings. The number of carbonyl (C=O) groups excluding carboxylic acids is 3. The number of ketones is 1. The zero-order chi connectivity index (χ0) is 29.8. The van der Waals surface area contributed by atoms with E-state index in [1.54, 1.807) is 42.5 Å². The van der Waals surface area contributed by atoms with Gasteiger partial charge in [0.1, 0.15) is 34.5 Å². The number of anilines is 1. The largest absolute Gasteiger partial charge is 0.325 e. The molecule has 1 saturated heterocycles. The van der Waals surface area contributed by atoms with E-state index in [9.17, 15) is 19.6 Å². The van der Waals surface area contributed by atoms with Gasteiger partial charge in [-0.05, 0) is 60.3 Å². The third-order valence-electron chi connectivity index (χ3n) is 8.08. The Morgan fingerprint density at radius 3 is 2.62 bits per heavy atom. The quantitative estimate of drug-likeness (QED) is 0.237. The van der Waals surface area contributed by atoms with E-state index >= 15 is 0 Å². The van der Waals surface area contributed by atoms with Crippen LogP contribution in [0.5, 0.6) is 0 Å². The molecule has 2 amide bonds. The summed E-state index contributed by atoms with van der Waals surface area (Å²) in [7, 11) is 0. The van der Waals surface area contributed by atoms with E-state index < -0.39 is 11.5 Å². The van der Waals surface area contributed by atoms with Crippen LogP contribution >= 0.6 is 15.9 Å². The van der Waals surface area contributed by atoms with Crippen LogP contribution in [0.2, 0.25) is 0 Å². The van der Waals surface area contributed by atoms with Crippen molar-refractivity contribution in [2.75, 3.05) is 5.32 Å². The maximum Gasteiger partial charge on any atom is 0.248 e. The van der Waals surface area contributed by atoms with Crippen LogP contribution < -0.4 is 5.32 Å². The van der Waals surface area contributed by atoms with E-state index in [1.807, 2.05) is 13.0 Å². The summed E-state index contributed by atoms with van der Waals surface area (Å²) in [6.07, 6.45) is 6.19. The summed E-state index contributed by atoms with van der Waals surface area (Å²) in [6, 6.07) is 6.59. The second-order valence-corrected chi connectivity index (χ2v) is 11.7. The molecule has 4 aromatic rings. The SMILES string of the molecule is CC(=O)c1nn(CC(=O)N2[C@H](C(=O)Nc3nc(Br)ccc3C)C[C@@]3(CC#N)C[C@@H]23)c2cnc(-c3cnc(C)nc3)cc12. The number of nitrogens with one attached hydrogen (secondary N) is 1. The number of halogens is 1. The molecule has 0 unspecified atom stereocenters. The number of hydrogen-bond acceptors (Lipinski definition) is 9. The number of aromatic nitrogens is 6. The van der Waals surface area contributed by atoms with E-state index in [0.717, 1.165) is 5.56 Å². The van der Waals surface area contributed by atoms with Gasteiger partial charge in [0.05, 0.1) is 23.5 Å². The van der Waals surface area contributed by atoms with Crippen LogP contribution in [0.3, 0.4) is 0 Å². The van der Waals surface area contributed by atoms with E-state index in [-0.39, 0.29) is 42.3 Å². The highest BCUT2D eigenvalue weighted by atomic mass is 79.9. The van der Waals surface area contributed by atoms with Gasteiger partial charge in [-0.1, -0.05) is 6.07 Å². The fourth-order valence-electron chi connectivity index (χ4n) is 5.80. The lowest BCUT2D eigenvalue weighted by atomic mass is 9.96. The first kappa shape index (κ1) is 27.6. The van der Waals surface area contributed by atoms with Gasteiger partial charge in [0, 0.05) is 48.1 Å². The lowest BCUT2D eigenvalue weighted by Gasteiger charge is -2.27. The maximum absolute atomic E-state index is 13.9. The highest BCUT2D eigenvalue weighted by Gasteiger charge is 2.67. The molecule has 0 radical (unpaired) electrons. The third-order valence-corrected chi connectivity index (χ3v) is 8.52. The fourth-order valence-corrected chi connectivity index (χ4v) is 6.11. The molecule has 1 N–H and O–H groups in total. The molecule has 5 heterocycles. The molecule has 0 spiro atoms. The van der Waals surface area contributed by atoms with Crippen molar-refractivity contribution in [2.24, 2.45) is 5.41 Å². The number of piperidine rings is 1. The van der Waals surface area contributed by atoms with Crippen LogP contribution in [0.1, 0.15) is 48.1 Å². The summed E-state index contributed by atoms with van der Waals surface area (Å²) in [5, 5.41) is 17.4. The predicted octanol–water partition coefficient (Wildman–Crippen LogP) is 3.78. The Hall–Kier alpha value is -4.57. The molecular formula is C29H26BrN9O3. The van der Waals surface area contributed by atoms with Gasteiger partial charge >= 0.3 is 0 Å². The van der Waals surface area contributed by atoms with Crippen molar-refractivity contribution in [2.45, 2.75) is 58.7 Å². The minimum Gasteiger partial charge on any atom is -0.325 e. The summed E-state index contributed by atoms with van der Waals surface area (Å²) in [5.41, 5.74) is 2.36. The number of aryl methyl sites for hydroxylation is 2. The monoisotopic (exact) mass is 627 g/mol. The molecule has 13 heteroatoms. The van der Waals surface area contributed by atoms with Crippen molar-refractivity contribution < 1.29 is 14.4 Å². The van der Waals surface area contributed by atoms with Crippen LogP contribution in [0.4, 0.5) is 5.82 Å². The van der Waals surface area contributed by atoms with E-state index in [2.05, 4.69) is 52.4 Å². The molecule has 0 aromatic carbocycles. The summed E-state index contributed by atoms with van der Waals surface area (Å²) in [6.45, 7) is 4.84. The van der Waals surface area contributed by atoms with Crippen LogP contribution in [0.25, 0.3) is 22.2 Å². The van der Waals surface area contributed by atoms with Gasteiger partial charge in [-0.3, -0.25) is 24.0 Å². The van der Waals surface area contributed by atoms with Crippen LogP contribution in [0, 0.1) is 30.6 Å². The number of nitrogens with zero attached hydrogens (tertiary/aromatic N) is 8. The number of pyridine rings is 2. The Labute approximate surface area is 249 Å². The number of Topliss-reactive ketones (excluding diaryl/α,β-unsaturated/α-hetero) is 1. The highest BCUT2D eigenvalue weighted by Crippen LogP contribution is 2.61. The van der Waals surface area contributed by atoms with Crippen molar-refractivity contribution in [1.29, 1.82) is 5.26 Å². The Bertz CT molecular complexity index is 1810. The second kappa shape index (κ2) is 10.4. The van der Waals surface area contributed by atoms with Crippen molar-refractivity contribution in [3.8, 4) is 17.3 Å². The van der Waals surface area contributed by atoms with Gasteiger partial charge in [0.15, 0.2) is 5.78 Å². The highest BCUT2D eigenvalue weighted by molar-refractivity contribution is 9.10. The standard InChI is InChI=1S/C29H26BrN9O3/c1-15-4-5-24(30)35-27(15)36-28(42)21-9-29(6-7-31)10-23(29)39(21)25(41)14-38-22-13-34-20(18-11-32-17(3)33-12-18)8-19(22)26(37-38)16(2)40/h4-5,8,11-13,21,23H,6,9-10,14H2,1-3H3,(H,35,36,42)/t21-,23+,29-/m0/s1. The third kappa shape index (κ3) is 4.81. The minimum absolute atomic E-state index is 0.199. The van der Waals surface area contributed by atoms with Crippen LogP contribution in [-0.2, 0) is 16.1 Å². The van der Waals surface area contributed by atoms with E-state index in [4.69, 9.17) is 0 Å². The molecule has 1 saturated carbocycles. The van der Waals surface area contributed by atoms with Gasteiger partial charge in [-0.15, -0.1) is 0 Å². The number of nitriles is 1. The lowest BCUT2D eigenvalue weighted by Crippen LogP contribution is -2.47. The Kier molecular flexibility index (Phi) is 6.81. The summed E-state index contributed by atoms with van der Waals surface area (Å²) in [4.78, 5) is 58.9. The fraction of sp³-hybridized carbons (Fsp3) is 0.345. The number of carbonyl (C=O) groups is 3. The van der Waals surface area contributed by atoms with Gasteiger partial charge in [0.2, 0.25) is 11.8 Å². The smallest absolute Gasteiger partial charge is 0.248 e. The van der Waals surface area contributed by atoms with E-state index in [0.29, 0.717) is 51.2 Å². The topological polar surface area (TPSA) is 160 Å². The molecule has 42 heavy (non-hydrogen) atoms. The predicted molar refractivity (Wildman–Crippen MR) is 155 cm³/mol. The summed E-state index contributed by atoms with van der Waals surface area (Å²) in [5.74, 6) is 0.0903. The van der Waals surface area contributed by atoms with Gasteiger partial charge < -0.3 is 10.2 Å². The number of amides is 2. The molecule has 4 aromatic heterocycles. The van der Waals surface area contributed by atoms with Crippen molar-refractivity contribution >= 4 is 50.2 Å². The van der Waals surface area contributed by atoms with Gasteiger partial charge in [-0.25, -0.2) is 15.0 Å². The summed E-state index contributed by atoms with van der Waals surface area (Å²) >= 11 is 3.33. The minimum atomic E-state index is -0.773. The molecule has 0 bridgehead atoms. The van der Waals surface area contributed by atoms with Crippen molar-refractivity contribution in [1.82, 2.24) is 34.6 Å². The van der Waals surface area contributed by atoms with Crippen molar-refractivity contribution in [3.05, 3.63) is 58.5 Å². The number of rotatable bonds is 7. The van der Waals surface area contributed by atoms with Gasteiger partial charge in [0.25, 0.3) is 0 Å². The van der Waals surface area contributed by atoms with Crippen LogP contribution in [-0.4, -0.2) is 64.3 Å². The zero-order valence-electron chi connectivity index (χ0n) is 23.1. The van der Waals surface area contributed by atoms with Crippen LogP contribution in [0.15, 0.2) is 41.4 Å². The van der Waals surface area contributed by atoms with E-state index in [1.165, 1.54) is 11.6 Å². The molecule has 1 aliphatic carbocycles. The molecule has 6 rings (SSSR count). The molecule has 12 nitrogen and oxygen atoms in total. The molecule has 3 atom stereocenters. The Morgan fingerprint density at radius 1 is 1.14 bits per heavy atom. The molecule has 2 fully saturated rings.